The molecule has 1 aromatic heterocycles. The summed E-state index contributed by atoms with van der Waals surface area (Å²) in [4.78, 5) is 8.74. The molecule has 3 aromatic carbocycles. The molecule has 0 unspecified atom stereocenters. The molecule has 0 aliphatic heterocycles. The van der Waals surface area contributed by atoms with Crippen LogP contribution in [-0.4, -0.2) is 24.2 Å². The SMILES string of the molecule is COc1cc2ncnc(Nc3ccc(C=Cc4ccccc4)cc3)c2cc1OC. The van der Waals surface area contributed by atoms with Crippen molar-refractivity contribution in [3.63, 3.8) is 0 Å². The van der Waals surface area contributed by atoms with E-state index in [2.05, 4.69) is 51.7 Å². The first-order chi connectivity index (χ1) is 14.3. The summed E-state index contributed by atoms with van der Waals surface area (Å²) in [6, 6.07) is 22.1. The van der Waals surface area contributed by atoms with Gasteiger partial charge in [-0.15, -0.1) is 0 Å². The number of rotatable bonds is 6. The lowest BCUT2D eigenvalue weighted by Gasteiger charge is -2.12. The van der Waals surface area contributed by atoms with Crippen LogP contribution in [0.3, 0.4) is 0 Å². The fourth-order valence-corrected chi connectivity index (χ4v) is 3.05. The zero-order valence-corrected chi connectivity index (χ0v) is 16.3. The first kappa shape index (κ1) is 18.5. The summed E-state index contributed by atoms with van der Waals surface area (Å²) in [7, 11) is 3.22. The lowest BCUT2D eigenvalue weighted by atomic mass is 10.1. The minimum absolute atomic E-state index is 0.638. The van der Waals surface area contributed by atoms with E-state index in [4.69, 9.17) is 9.47 Å². The van der Waals surface area contributed by atoms with E-state index in [1.165, 1.54) is 11.9 Å². The van der Waals surface area contributed by atoms with Gasteiger partial charge in [0, 0.05) is 17.1 Å². The number of nitrogens with zero attached hydrogens (tertiary/aromatic N) is 2. The fourth-order valence-electron chi connectivity index (χ4n) is 3.05. The third-order valence-corrected chi connectivity index (χ3v) is 4.58. The molecular formula is C24H21N3O2. The number of hydrogen-bond donors (Lipinski definition) is 1. The Balaban J connectivity index is 1.57. The zero-order valence-electron chi connectivity index (χ0n) is 16.3. The van der Waals surface area contributed by atoms with Gasteiger partial charge < -0.3 is 14.8 Å². The van der Waals surface area contributed by atoms with Gasteiger partial charge in [0.15, 0.2) is 11.5 Å². The summed E-state index contributed by atoms with van der Waals surface area (Å²) in [6.45, 7) is 0. The first-order valence-electron chi connectivity index (χ1n) is 9.24. The van der Waals surface area contributed by atoms with Crippen molar-refractivity contribution >= 4 is 34.6 Å². The number of aromatic nitrogens is 2. The molecular weight excluding hydrogens is 362 g/mol. The normalized spacial score (nSPS) is 11.0. The Labute approximate surface area is 169 Å². The number of benzene rings is 3. The molecule has 0 saturated carbocycles. The van der Waals surface area contributed by atoms with Crippen molar-refractivity contribution in [3.8, 4) is 11.5 Å². The number of nitrogens with one attached hydrogen (secondary N) is 1. The first-order valence-corrected chi connectivity index (χ1v) is 9.24. The van der Waals surface area contributed by atoms with Gasteiger partial charge in [0.25, 0.3) is 0 Å². The van der Waals surface area contributed by atoms with Gasteiger partial charge in [-0.25, -0.2) is 9.97 Å². The van der Waals surface area contributed by atoms with Crippen molar-refractivity contribution in [1.29, 1.82) is 0 Å². The third-order valence-electron chi connectivity index (χ3n) is 4.58. The summed E-state index contributed by atoms with van der Waals surface area (Å²) in [6.07, 6.45) is 5.73. The van der Waals surface area contributed by atoms with Gasteiger partial charge in [0.1, 0.15) is 12.1 Å². The van der Waals surface area contributed by atoms with E-state index < -0.39 is 0 Å². The van der Waals surface area contributed by atoms with Crippen LogP contribution < -0.4 is 14.8 Å². The molecule has 5 heteroatoms. The second-order valence-electron chi connectivity index (χ2n) is 6.44. The second kappa shape index (κ2) is 8.44. The quantitative estimate of drug-likeness (QED) is 0.442. The predicted molar refractivity (Wildman–Crippen MR) is 118 cm³/mol. The Hall–Kier alpha value is -3.86. The van der Waals surface area contributed by atoms with Gasteiger partial charge in [-0.3, -0.25) is 0 Å². The van der Waals surface area contributed by atoms with E-state index in [0.29, 0.717) is 17.3 Å². The molecule has 0 radical (unpaired) electrons. The topological polar surface area (TPSA) is 56.3 Å². The van der Waals surface area contributed by atoms with Crippen LogP contribution >= 0.6 is 0 Å². The standard InChI is InChI=1S/C24H21N3O2/c1-28-22-14-20-21(15-23(22)29-2)25-16-26-24(20)27-19-12-10-18(11-13-19)9-8-17-6-4-3-5-7-17/h3-16H,1-2H3,(H,25,26,27). The molecule has 0 spiro atoms. The van der Waals surface area contributed by atoms with Crippen LogP contribution in [0.4, 0.5) is 11.5 Å². The molecule has 29 heavy (non-hydrogen) atoms. The maximum Gasteiger partial charge on any atom is 0.162 e. The van der Waals surface area contributed by atoms with E-state index in [-0.39, 0.29) is 0 Å². The van der Waals surface area contributed by atoms with Crippen LogP contribution in [0.5, 0.6) is 11.5 Å². The van der Waals surface area contributed by atoms with E-state index in [0.717, 1.165) is 22.2 Å². The average molecular weight is 383 g/mol. The Bertz CT molecular complexity index is 1140. The molecule has 1 N–H and O–H groups in total. The molecule has 0 fully saturated rings. The largest absolute Gasteiger partial charge is 0.493 e. The van der Waals surface area contributed by atoms with Crippen LogP contribution in [0.15, 0.2) is 73.1 Å². The summed E-state index contributed by atoms with van der Waals surface area (Å²) in [5, 5.41) is 4.22. The van der Waals surface area contributed by atoms with Gasteiger partial charge >= 0.3 is 0 Å². The Morgan fingerprint density at radius 2 is 1.41 bits per heavy atom. The van der Waals surface area contributed by atoms with Gasteiger partial charge in [-0.2, -0.15) is 0 Å². The molecule has 0 aliphatic rings. The van der Waals surface area contributed by atoms with Crippen LogP contribution in [0, 0.1) is 0 Å². The van der Waals surface area contributed by atoms with Gasteiger partial charge in [0.05, 0.1) is 19.7 Å². The smallest absolute Gasteiger partial charge is 0.162 e. The van der Waals surface area contributed by atoms with Gasteiger partial charge in [-0.1, -0.05) is 54.6 Å². The highest BCUT2D eigenvalue weighted by Gasteiger charge is 2.11. The monoisotopic (exact) mass is 383 g/mol. The highest BCUT2D eigenvalue weighted by Crippen LogP contribution is 2.34. The van der Waals surface area contributed by atoms with E-state index >= 15 is 0 Å². The summed E-state index contributed by atoms with van der Waals surface area (Å²) >= 11 is 0. The van der Waals surface area contributed by atoms with Crippen LogP contribution in [0.2, 0.25) is 0 Å². The molecule has 0 aliphatic carbocycles. The molecule has 0 atom stereocenters. The lowest BCUT2D eigenvalue weighted by Crippen LogP contribution is -1.98. The molecule has 144 valence electrons. The third kappa shape index (κ3) is 4.19. The maximum absolute atomic E-state index is 5.41. The fraction of sp³-hybridized carbons (Fsp3) is 0.0833. The van der Waals surface area contributed by atoms with Crippen molar-refractivity contribution in [3.05, 3.63) is 84.2 Å². The number of anilines is 2. The van der Waals surface area contributed by atoms with Gasteiger partial charge in [-0.05, 0) is 29.3 Å². The Morgan fingerprint density at radius 3 is 2.10 bits per heavy atom. The molecule has 4 aromatic rings. The maximum atomic E-state index is 5.41. The van der Waals surface area contributed by atoms with E-state index in [1.807, 2.05) is 42.5 Å². The summed E-state index contributed by atoms with van der Waals surface area (Å²) < 4.78 is 10.8. The number of fused-ring (bicyclic) bond motifs is 1. The summed E-state index contributed by atoms with van der Waals surface area (Å²) in [5.41, 5.74) is 4.02. The van der Waals surface area contributed by atoms with Crippen molar-refractivity contribution in [1.82, 2.24) is 9.97 Å². The Morgan fingerprint density at radius 1 is 0.759 bits per heavy atom. The number of methoxy groups -OCH3 is 2. The minimum atomic E-state index is 0.638. The highest BCUT2D eigenvalue weighted by molar-refractivity contribution is 5.93. The zero-order chi connectivity index (χ0) is 20.1. The minimum Gasteiger partial charge on any atom is -0.493 e. The summed E-state index contributed by atoms with van der Waals surface area (Å²) in [5.74, 6) is 1.99. The van der Waals surface area contributed by atoms with Crippen molar-refractivity contribution in [2.24, 2.45) is 0 Å². The Kier molecular flexibility index (Phi) is 5.38. The molecule has 0 amide bonds. The average Bonchev–Trinajstić information content (AvgIpc) is 2.78. The highest BCUT2D eigenvalue weighted by atomic mass is 16.5. The van der Waals surface area contributed by atoms with E-state index in [9.17, 15) is 0 Å². The number of hydrogen-bond acceptors (Lipinski definition) is 5. The van der Waals surface area contributed by atoms with Crippen molar-refractivity contribution < 1.29 is 9.47 Å². The molecule has 1 heterocycles. The van der Waals surface area contributed by atoms with Gasteiger partial charge in [0.2, 0.25) is 0 Å². The van der Waals surface area contributed by atoms with Crippen molar-refractivity contribution in [2.75, 3.05) is 19.5 Å². The molecule has 0 bridgehead atoms. The second-order valence-corrected chi connectivity index (χ2v) is 6.44. The van der Waals surface area contributed by atoms with Crippen LogP contribution in [-0.2, 0) is 0 Å². The van der Waals surface area contributed by atoms with Crippen LogP contribution in [0.25, 0.3) is 23.1 Å². The van der Waals surface area contributed by atoms with E-state index in [1.54, 1.807) is 14.2 Å². The molecule has 5 nitrogen and oxygen atoms in total. The van der Waals surface area contributed by atoms with Crippen molar-refractivity contribution in [2.45, 2.75) is 0 Å². The van der Waals surface area contributed by atoms with Crippen LogP contribution in [0.1, 0.15) is 11.1 Å². The predicted octanol–water partition coefficient (Wildman–Crippen LogP) is 5.56. The lowest BCUT2D eigenvalue weighted by molar-refractivity contribution is 0.356. The number of ether oxygens (including phenoxy) is 2. The molecule has 4 rings (SSSR count). The molecule has 0 saturated heterocycles.